The Balaban J connectivity index is 1.08. The fraction of sp³-hybridized carbons (Fsp3) is 0.444. The molecule has 0 spiro atoms. The van der Waals surface area contributed by atoms with Crippen LogP contribution in [0, 0.1) is 23.2 Å². The van der Waals surface area contributed by atoms with Gasteiger partial charge >= 0.3 is 5.97 Å². The van der Waals surface area contributed by atoms with Crippen molar-refractivity contribution < 1.29 is 19.1 Å². The molecule has 0 aliphatic heterocycles. The maximum atomic E-state index is 13.0. The molecular formula is C27H29ClN2O4. The predicted octanol–water partition coefficient (Wildman–Crippen LogP) is 5.22. The van der Waals surface area contributed by atoms with Gasteiger partial charge < -0.3 is 15.4 Å². The third-order valence-electron chi connectivity index (χ3n) is 7.60. The Morgan fingerprint density at radius 3 is 2.15 bits per heavy atom. The summed E-state index contributed by atoms with van der Waals surface area (Å²) in [5.74, 6) is 1.91. The number of rotatable bonds is 7. The van der Waals surface area contributed by atoms with Gasteiger partial charge in [-0.3, -0.25) is 14.4 Å². The molecule has 4 aliphatic rings. The van der Waals surface area contributed by atoms with Gasteiger partial charge in [-0.15, -0.1) is 0 Å². The highest BCUT2D eigenvalue weighted by Crippen LogP contribution is 2.60. The Bertz CT molecular complexity index is 1060. The zero-order chi connectivity index (χ0) is 23.7. The van der Waals surface area contributed by atoms with Crippen molar-refractivity contribution in [3.05, 3.63) is 59.1 Å². The fourth-order valence-electron chi connectivity index (χ4n) is 6.49. The van der Waals surface area contributed by atoms with Crippen molar-refractivity contribution in [1.29, 1.82) is 0 Å². The molecule has 2 amide bonds. The van der Waals surface area contributed by atoms with Crippen LogP contribution in [-0.2, 0) is 9.59 Å². The minimum atomic E-state index is -0.404. The highest BCUT2D eigenvalue weighted by molar-refractivity contribution is 6.34. The average Bonchev–Trinajstić information content (AvgIpc) is 2.79. The lowest BCUT2D eigenvalue weighted by Crippen LogP contribution is -2.53. The van der Waals surface area contributed by atoms with Gasteiger partial charge in [-0.25, -0.2) is 0 Å². The van der Waals surface area contributed by atoms with Crippen LogP contribution in [0.4, 0.5) is 5.69 Å². The number of anilines is 1. The van der Waals surface area contributed by atoms with Crippen LogP contribution in [0.15, 0.2) is 48.5 Å². The zero-order valence-electron chi connectivity index (χ0n) is 19.0. The van der Waals surface area contributed by atoms with Crippen LogP contribution in [0.3, 0.4) is 0 Å². The second-order valence-corrected chi connectivity index (χ2v) is 10.5. The van der Waals surface area contributed by atoms with Crippen molar-refractivity contribution in [2.75, 3.05) is 11.9 Å². The van der Waals surface area contributed by atoms with Crippen molar-refractivity contribution in [1.82, 2.24) is 5.32 Å². The number of carbonyl (C=O) groups excluding carboxylic acids is 3. The van der Waals surface area contributed by atoms with E-state index in [-0.39, 0.29) is 30.2 Å². The number of halogens is 1. The van der Waals surface area contributed by atoms with E-state index in [1.165, 1.54) is 19.3 Å². The number of hydrogen-bond donors (Lipinski definition) is 2. The summed E-state index contributed by atoms with van der Waals surface area (Å²) in [5, 5.41) is 6.15. The van der Waals surface area contributed by atoms with Gasteiger partial charge in [0.1, 0.15) is 5.75 Å². The highest BCUT2D eigenvalue weighted by Gasteiger charge is 2.54. The van der Waals surface area contributed by atoms with E-state index in [9.17, 15) is 14.4 Å². The van der Waals surface area contributed by atoms with Crippen LogP contribution < -0.4 is 15.4 Å². The number of hydrogen-bond acceptors (Lipinski definition) is 4. The van der Waals surface area contributed by atoms with Crippen molar-refractivity contribution in [2.24, 2.45) is 23.2 Å². The van der Waals surface area contributed by atoms with Crippen LogP contribution in [0.1, 0.15) is 55.3 Å². The third kappa shape index (κ3) is 4.83. The second kappa shape index (κ2) is 9.41. The molecule has 34 heavy (non-hydrogen) atoms. The summed E-state index contributed by atoms with van der Waals surface area (Å²) in [7, 11) is 0. The smallest absolute Gasteiger partial charge is 0.312 e. The van der Waals surface area contributed by atoms with Crippen LogP contribution in [0.5, 0.6) is 5.75 Å². The summed E-state index contributed by atoms with van der Waals surface area (Å²) >= 11 is 6.06. The van der Waals surface area contributed by atoms with E-state index in [1.807, 2.05) is 0 Å². The minimum Gasteiger partial charge on any atom is -0.426 e. The molecule has 0 atom stereocenters. The normalized spacial score (nSPS) is 26.7. The number of amides is 2. The number of nitrogens with one attached hydrogen (secondary N) is 2. The molecule has 2 aromatic rings. The van der Waals surface area contributed by atoms with E-state index in [1.54, 1.807) is 48.5 Å². The quantitative estimate of drug-likeness (QED) is 0.420. The zero-order valence-corrected chi connectivity index (χ0v) is 19.8. The molecule has 0 unspecified atom stereocenters. The first-order chi connectivity index (χ1) is 16.4. The van der Waals surface area contributed by atoms with Gasteiger partial charge in [-0.1, -0.05) is 23.7 Å². The lowest BCUT2D eigenvalue weighted by atomic mass is 9.49. The molecule has 178 valence electrons. The number of carbonyl (C=O) groups is 3. The summed E-state index contributed by atoms with van der Waals surface area (Å²) in [4.78, 5) is 37.6. The van der Waals surface area contributed by atoms with Crippen LogP contribution >= 0.6 is 11.6 Å². The van der Waals surface area contributed by atoms with Crippen molar-refractivity contribution in [2.45, 2.75) is 44.9 Å². The predicted molar refractivity (Wildman–Crippen MR) is 130 cm³/mol. The molecule has 6 nitrogen and oxygen atoms in total. The molecular weight excluding hydrogens is 452 g/mol. The molecule has 4 fully saturated rings. The maximum Gasteiger partial charge on any atom is 0.312 e. The Kier molecular flexibility index (Phi) is 6.34. The Morgan fingerprint density at radius 2 is 1.53 bits per heavy atom. The number of esters is 1. The van der Waals surface area contributed by atoms with Gasteiger partial charge in [-0.2, -0.15) is 0 Å². The van der Waals surface area contributed by atoms with Crippen molar-refractivity contribution >= 4 is 35.1 Å². The first kappa shape index (κ1) is 22.9. The van der Waals surface area contributed by atoms with Gasteiger partial charge in [0.15, 0.2) is 0 Å². The molecule has 0 radical (unpaired) electrons. The van der Waals surface area contributed by atoms with Gasteiger partial charge in [0.25, 0.3) is 5.91 Å². The van der Waals surface area contributed by atoms with E-state index in [0.717, 1.165) is 19.3 Å². The number of ether oxygens (including phenoxy) is 1. The van der Waals surface area contributed by atoms with Crippen LogP contribution in [0.2, 0.25) is 5.02 Å². The highest BCUT2D eigenvalue weighted by atomic mass is 35.5. The van der Waals surface area contributed by atoms with Crippen LogP contribution in [-0.4, -0.2) is 24.3 Å². The lowest BCUT2D eigenvalue weighted by molar-refractivity contribution is -0.146. The second-order valence-electron chi connectivity index (χ2n) is 10.1. The average molecular weight is 481 g/mol. The summed E-state index contributed by atoms with van der Waals surface area (Å²) in [6.07, 6.45) is 7.02. The first-order valence-electron chi connectivity index (χ1n) is 12.1. The lowest BCUT2D eigenvalue weighted by Gasteiger charge is -2.55. The topological polar surface area (TPSA) is 84.5 Å². The van der Waals surface area contributed by atoms with Gasteiger partial charge in [0.05, 0.1) is 17.0 Å². The SMILES string of the molecule is O=C(CCNC(=O)C12CC3CC(CC(C3)C1)C2)Oc1ccc(NC(=O)c2ccccc2Cl)cc1. The Labute approximate surface area is 204 Å². The molecule has 4 bridgehead atoms. The van der Waals surface area contributed by atoms with Gasteiger partial charge in [0, 0.05) is 17.6 Å². The molecule has 2 N–H and O–H groups in total. The van der Waals surface area contributed by atoms with Crippen LogP contribution in [0.25, 0.3) is 0 Å². The van der Waals surface area contributed by atoms with Gasteiger partial charge in [-0.05, 0) is 92.7 Å². The monoisotopic (exact) mass is 480 g/mol. The largest absolute Gasteiger partial charge is 0.426 e. The molecule has 0 heterocycles. The Hall–Kier alpha value is -2.86. The van der Waals surface area contributed by atoms with Crippen molar-refractivity contribution in [3.8, 4) is 5.75 Å². The van der Waals surface area contributed by atoms with E-state index in [0.29, 0.717) is 39.8 Å². The molecule has 7 heteroatoms. The molecule has 2 aromatic carbocycles. The molecule has 4 aliphatic carbocycles. The fourth-order valence-corrected chi connectivity index (χ4v) is 6.71. The molecule has 6 rings (SSSR count). The molecule has 0 aromatic heterocycles. The maximum absolute atomic E-state index is 13.0. The number of benzene rings is 2. The summed E-state index contributed by atoms with van der Waals surface area (Å²) in [6.45, 7) is 0.283. The van der Waals surface area contributed by atoms with E-state index in [4.69, 9.17) is 16.3 Å². The minimum absolute atomic E-state index is 0.114. The third-order valence-corrected chi connectivity index (χ3v) is 7.93. The van der Waals surface area contributed by atoms with E-state index in [2.05, 4.69) is 10.6 Å². The van der Waals surface area contributed by atoms with E-state index < -0.39 is 5.97 Å². The Morgan fingerprint density at radius 1 is 0.912 bits per heavy atom. The summed E-state index contributed by atoms with van der Waals surface area (Å²) in [5.41, 5.74) is 0.742. The molecule has 4 saturated carbocycles. The summed E-state index contributed by atoms with van der Waals surface area (Å²) < 4.78 is 5.39. The van der Waals surface area contributed by atoms with Crippen molar-refractivity contribution in [3.63, 3.8) is 0 Å². The van der Waals surface area contributed by atoms with Gasteiger partial charge in [0.2, 0.25) is 5.91 Å². The molecule has 0 saturated heterocycles. The van der Waals surface area contributed by atoms with E-state index >= 15 is 0 Å². The standard InChI is InChI=1S/C27H29ClN2O4/c28-23-4-2-1-3-22(23)25(32)30-20-5-7-21(8-6-20)34-24(31)9-10-29-26(33)27-14-17-11-18(15-27)13-19(12-17)16-27/h1-8,17-19H,9-16H2,(H,29,33)(H,30,32). The first-order valence-corrected chi connectivity index (χ1v) is 12.4. The summed E-state index contributed by atoms with van der Waals surface area (Å²) in [6, 6.07) is 13.4.